The van der Waals surface area contributed by atoms with E-state index in [2.05, 4.69) is 54.2 Å². The van der Waals surface area contributed by atoms with Crippen LogP contribution in [0.5, 0.6) is 0 Å². The number of rotatable bonds is 6. The largest absolute Gasteiger partial charge is 0.393 e. The van der Waals surface area contributed by atoms with Gasteiger partial charge in [-0.3, -0.25) is 0 Å². The molecule has 3 saturated carbocycles. The van der Waals surface area contributed by atoms with E-state index >= 15 is 0 Å². The van der Waals surface area contributed by atoms with Gasteiger partial charge in [0.05, 0.1) is 6.10 Å². The maximum atomic E-state index is 10.3. The van der Waals surface area contributed by atoms with Crippen LogP contribution in [0.1, 0.15) is 106 Å². The lowest BCUT2D eigenvalue weighted by Crippen LogP contribution is -2.50. The van der Waals surface area contributed by atoms with Gasteiger partial charge in [-0.15, -0.1) is 0 Å². The summed E-state index contributed by atoms with van der Waals surface area (Å²) in [4.78, 5) is 0. The highest BCUT2D eigenvalue weighted by Crippen LogP contribution is 2.67. The third-order valence-electron chi connectivity index (χ3n) is 11.3. The Kier molecular flexibility index (Phi) is 6.59. The molecule has 1 nitrogen and oxygen atoms in total. The predicted molar refractivity (Wildman–Crippen MR) is 133 cm³/mol. The zero-order valence-electron chi connectivity index (χ0n) is 21.4. The van der Waals surface area contributed by atoms with Crippen LogP contribution in [0.15, 0.2) is 23.8 Å². The normalized spacial score (nSPS) is 44.1. The first-order valence-corrected chi connectivity index (χ1v) is 13.7. The van der Waals surface area contributed by atoms with Crippen LogP contribution in [0.3, 0.4) is 0 Å². The molecule has 3 fully saturated rings. The minimum Gasteiger partial charge on any atom is -0.393 e. The quantitative estimate of drug-likeness (QED) is 0.424. The summed E-state index contributed by atoms with van der Waals surface area (Å²) in [6.45, 7) is 19.3. The van der Waals surface area contributed by atoms with E-state index in [4.69, 9.17) is 0 Å². The van der Waals surface area contributed by atoms with Crippen LogP contribution in [-0.2, 0) is 0 Å². The molecule has 0 aliphatic heterocycles. The first kappa shape index (κ1) is 23.6. The van der Waals surface area contributed by atoms with Crippen molar-refractivity contribution in [2.24, 2.45) is 52.3 Å². The van der Waals surface area contributed by atoms with E-state index in [0.717, 1.165) is 42.4 Å². The van der Waals surface area contributed by atoms with Crippen molar-refractivity contribution in [3.8, 4) is 0 Å². The molecule has 4 aliphatic rings. The first-order valence-electron chi connectivity index (χ1n) is 13.7. The van der Waals surface area contributed by atoms with Crippen LogP contribution in [0.25, 0.3) is 0 Å². The molecule has 0 saturated heterocycles. The van der Waals surface area contributed by atoms with Gasteiger partial charge in [0.2, 0.25) is 0 Å². The lowest BCUT2D eigenvalue weighted by molar-refractivity contribution is -0.0578. The Hall–Kier alpha value is -0.560. The van der Waals surface area contributed by atoms with Gasteiger partial charge >= 0.3 is 0 Å². The van der Waals surface area contributed by atoms with E-state index < -0.39 is 0 Å². The summed E-state index contributed by atoms with van der Waals surface area (Å²) >= 11 is 0. The standard InChI is InChI=1S/C30H50O/c1-8-22(21(5)19(2)3)17-20(4)26-11-12-27-25-10-9-23-18-24(31)13-15-29(23,6)28(25)14-16-30(26,27)7/h9,19-20,22,24-28,31H,5,8,10-18H2,1-4,6-7H3/t20-,22?,24+,25?,26-,27?,28?,29+,30-/m1/s1. The van der Waals surface area contributed by atoms with Crippen LogP contribution in [-0.4, -0.2) is 11.2 Å². The molecule has 0 aromatic rings. The summed E-state index contributed by atoms with van der Waals surface area (Å²) in [7, 11) is 0. The van der Waals surface area contributed by atoms with Crippen molar-refractivity contribution in [1.29, 1.82) is 0 Å². The summed E-state index contributed by atoms with van der Waals surface area (Å²) in [6.07, 6.45) is 15.3. The van der Waals surface area contributed by atoms with Crippen molar-refractivity contribution >= 4 is 0 Å². The van der Waals surface area contributed by atoms with Gasteiger partial charge in [0.1, 0.15) is 0 Å². The second kappa shape index (κ2) is 8.66. The smallest absolute Gasteiger partial charge is 0.0577 e. The summed E-state index contributed by atoms with van der Waals surface area (Å²) in [5, 5.41) is 10.3. The van der Waals surface area contributed by atoms with Crippen molar-refractivity contribution in [3.05, 3.63) is 23.8 Å². The molecule has 31 heavy (non-hydrogen) atoms. The molecule has 0 aromatic heterocycles. The Bertz CT molecular complexity index is 703. The second-order valence-electron chi connectivity index (χ2n) is 12.9. The molecule has 0 radical (unpaired) electrons. The molecule has 1 heteroatoms. The van der Waals surface area contributed by atoms with Crippen LogP contribution in [0, 0.1) is 52.3 Å². The summed E-state index contributed by atoms with van der Waals surface area (Å²) in [5.74, 6) is 5.65. The predicted octanol–water partition coefficient (Wildman–Crippen LogP) is 8.19. The maximum absolute atomic E-state index is 10.3. The second-order valence-corrected chi connectivity index (χ2v) is 12.9. The monoisotopic (exact) mass is 426 g/mol. The molecular formula is C30H50O. The number of aliphatic hydroxyl groups is 1. The van der Waals surface area contributed by atoms with E-state index in [0.29, 0.717) is 22.7 Å². The lowest BCUT2D eigenvalue weighted by Gasteiger charge is -2.58. The van der Waals surface area contributed by atoms with Gasteiger partial charge in [-0.2, -0.15) is 0 Å². The van der Waals surface area contributed by atoms with E-state index in [9.17, 15) is 5.11 Å². The Balaban J connectivity index is 1.51. The van der Waals surface area contributed by atoms with E-state index in [1.165, 1.54) is 56.9 Å². The molecule has 0 spiro atoms. The number of aliphatic hydroxyl groups excluding tert-OH is 1. The minimum absolute atomic E-state index is 0.0893. The van der Waals surface area contributed by atoms with Crippen molar-refractivity contribution in [3.63, 3.8) is 0 Å². The van der Waals surface area contributed by atoms with Gasteiger partial charge in [-0.1, -0.05) is 65.3 Å². The molecule has 0 amide bonds. The van der Waals surface area contributed by atoms with Gasteiger partial charge in [0.15, 0.2) is 0 Å². The molecule has 0 heterocycles. The van der Waals surface area contributed by atoms with Gasteiger partial charge in [0, 0.05) is 0 Å². The highest BCUT2D eigenvalue weighted by molar-refractivity contribution is 5.25. The Morgan fingerprint density at radius 3 is 2.52 bits per heavy atom. The topological polar surface area (TPSA) is 20.2 Å². The van der Waals surface area contributed by atoms with Crippen molar-refractivity contribution in [1.82, 2.24) is 0 Å². The molecule has 1 N–H and O–H groups in total. The van der Waals surface area contributed by atoms with Crippen LogP contribution >= 0.6 is 0 Å². The average molecular weight is 427 g/mol. The Morgan fingerprint density at radius 2 is 1.84 bits per heavy atom. The van der Waals surface area contributed by atoms with Crippen LogP contribution in [0.2, 0.25) is 0 Å². The molecule has 4 rings (SSSR count). The first-order chi connectivity index (χ1) is 14.6. The lowest BCUT2D eigenvalue weighted by atomic mass is 9.47. The zero-order chi connectivity index (χ0) is 22.6. The molecular weight excluding hydrogens is 376 g/mol. The van der Waals surface area contributed by atoms with Crippen molar-refractivity contribution in [2.75, 3.05) is 0 Å². The van der Waals surface area contributed by atoms with Crippen LogP contribution in [0.4, 0.5) is 0 Å². The molecule has 4 unspecified atom stereocenters. The van der Waals surface area contributed by atoms with Gasteiger partial charge < -0.3 is 5.11 Å². The molecule has 9 atom stereocenters. The number of hydrogen-bond donors (Lipinski definition) is 1. The fraction of sp³-hybridized carbons (Fsp3) is 0.867. The SMILES string of the molecule is C=C(C(C)C)C(CC)C[C@@H](C)[C@H]1CCC2C3CC=C4C[C@@H](O)CC[C@]4(C)C3CC[C@@]21C. The highest BCUT2D eigenvalue weighted by atomic mass is 16.3. The summed E-state index contributed by atoms with van der Waals surface area (Å²) < 4.78 is 0. The van der Waals surface area contributed by atoms with Gasteiger partial charge in [0.25, 0.3) is 0 Å². The summed E-state index contributed by atoms with van der Waals surface area (Å²) in [5.41, 5.74) is 4.00. The third kappa shape index (κ3) is 3.89. The van der Waals surface area contributed by atoms with Gasteiger partial charge in [-0.05, 0) is 116 Å². The summed E-state index contributed by atoms with van der Waals surface area (Å²) in [6, 6.07) is 0. The Labute approximate surface area is 193 Å². The molecule has 0 bridgehead atoms. The van der Waals surface area contributed by atoms with Crippen molar-refractivity contribution < 1.29 is 5.11 Å². The molecule has 176 valence electrons. The third-order valence-corrected chi connectivity index (χ3v) is 11.3. The van der Waals surface area contributed by atoms with E-state index in [-0.39, 0.29) is 6.10 Å². The fourth-order valence-electron chi connectivity index (χ4n) is 9.28. The highest BCUT2D eigenvalue weighted by Gasteiger charge is 2.59. The molecule has 4 aliphatic carbocycles. The van der Waals surface area contributed by atoms with E-state index in [1.807, 2.05) is 0 Å². The van der Waals surface area contributed by atoms with Gasteiger partial charge in [-0.25, -0.2) is 0 Å². The Morgan fingerprint density at radius 1 is 1.10 bits per heavy atom. The average Bonchev–Trinajstić information content (AvgIpc) is 3.09. The number of fused-ring (bicyclic) bond motifs is 5. The van der Waals surface area contributed by atoms with E-state index in [1.54, 1.807) is 5.57 Å². The maximum Gasteiger partial charge on any atom is 0.0577 e. The molecule has 0 aromatic carbocycles. The fourth-order valence-corrected chi connectivity index (χ4v) is 9.28. The minimum atomic E-state index is -0.0893. The number of hydrogen-bond acceptors (Lipinski definition) is 1. The van der Waals surface area contributed by atoms with Crippen molar-refractivity contribution in [2.45, 2.75) is 112 Å². The van der Waals surface area contributed by atoms with Crippen LogP contribution < -0.4 is 0 Å². The number of allylic oxidation sites excluding steroid dienone is 2. The zero-order valence-corrected chi connectivity index (χ0v) is 21.4.